The second-order valence-corrected chi connectivity index (χ2v) is 13.8. The average Bonchev–Trinajstić information content (AvgIpc) is 3.76. The lowest BCUT2D eigenvalue weighted by atomic mass is 9.97. The summed E-state index contributed by atoms with van der Waals surface area (Å²) in [7, 11) is 0. The van der Waals surface area contributed by atoms with Crippen molar-refractivity contribution in [2.75, 3.05) is 0 Å². The van der Waals surface area contributed by atoms with Gasteiger partial charge in [-0.3, -0.25) is 4.57 Å². The molecule has 0 atom stereocenters. The van der Waals surface area contributed by atoms with E-state index in [1.54, 1.807) is 0 Å². The number of rotatable bonds is 4. The molecule has 3 heterocycles. The normalized spacial score (nSPS) is 11.7. The van der Waals surface area contributed by atoms with E-state index in [9.17, 15) is 5.26 Å². The van der Waals surface area contributed by atoms with Crippen LogP contribution in [0.1, 0.15) is 5.56 Å². The summed E-state index contributed by atoms with van der Waals surface area (Å²) >= 11 is 0. The molecule has 0 amide bonds. The van der Waals surface area contributed by atoms with Gasteiger partial charge >= 0.3 is 0 Å². The number of hydrogen-bond donors (Lipinski definition) is 0. The van der Waals surface area contributed by atoms with Gasteiger partial charge in [0.2, 0.25) is 0 Å². The van der Waals surface area contributed by atoms with Gasteiger partial charge < -0.3 is 4.57 Å². The van der Waals surface area contributed by atoms with Gasteiger partial charge in [-0.05, 0) is 69.9 Å². The summed E-state index contributed by atoms with van der Waals surface area (Å²) in [6.45, 7) is 0. The lowest BCUT2D eigenvalue weighted by Crippen LogP contribution is -2.04. The highest BCUT2D eigenvalue weighted by Gasteiger charge is 2.24. The number of aromatic nitrogens is 3. The Morgan fingerprint density at radius 2 is 1.11 bits per heavy atom. The van der Waals surface area contributed by atoms with E-state index in [1.807, 2.05) is 42.5 Å². The van der Waals surface area contributed by atoms with Crippen LogP contribution in [0.4, 0.5) is 0 Å². The van der Waals surface area contributed by atoms with Crippen LogP contribution >= 0.6 is 0 Å². The smallest absolute Gasteiger partial charge is 0.147 e. The number of nitrogens with zero attached hydrogens (tertiary/aromatic N) is 4. The van der Waals surface area contributed by atoms with E-state index in [1.165, 1.54) is 27.1 Å². The van der Waals surface area contributed by atoms with Crippen LogP contribution in [-0.2, 0) is 0 Å². The van der Waals surface area contributed by atoms with Gasteiger partial charge in [0.05, 0.1) is 33.1 Å². The topological polar surface area (TPSA) is 46.5 Å². The fraction of sp³-hybridized carbons (Fsp3) is 0. The van der Waals surface area contributed by atoms with Gasteiger partial charge in [0.25, 0.3) is 0 Å². The number of pyridine rings is 1. The van der Waals surface area contributed by atoms with Crippen molar-refractivity contribution in [1.82, 2.24) is 14.1 Å². The largest absolute Gasteiger partial charge is 0.309 e. The van der Waals surface area contributed by atoms with Crippen molar-refractivity contribution in [3.63, 3.8) is 0 Å². The molecule has 0 fully saturated rings. The Kier molecular flexibility index (Phi) is 6.58. The summed E-state index contributed by atoms with van der Waals surface area (Å²) in [6, 6.07) is 66.6. The third kappa shape index (κ3) is 4.33. The van der Waals surface area contributed by atoms with E-state index in [4.69, 9.17) is 4.98 Å². The molecule has 0 saturated heterocycles. The van der Waals surface area contributed by atoms with Crippen LogP contribution in [0.2, 0.25) is 0 Å². The molecule has 0 aliphatic carbocycles. The molecule has 250 valence electrons. The number of benzene rings is 8. The third-order valence-electron chi connectivity index (χ3n) is 10.9. The van der Waals surface area contributed by atoms with Crippen molar-refractivity contribution in [2.24, 2.45) is 0 Å². The van der Waals surface area contributed by atoms with E-state index < -0.39 is 0 Å². The van der Waals surface area contributed by atoms with Crippen LogP contribution in [0, 0.1) is 11.3 Å². The van der Waals surface area contributed by atoms with Crippen LogP contribution in [0.25, 0.3) is 99.0 Å². The van der Waals surface area contributed by atoms with E-state index in [2.05, 4.69) is 155 Å². The fourth-order valence-corrected chi connectivity index (χ4v) is 8.65. The summed E-state index contributed by atoms with van der Waals surface area (Å²) < 4.78 is 4.66. The standard InChI is InChI=1S/C50H30N4/c51-31-41-38-20-9-11-23-42(38)52-50(47(41)33-15-3-1-4-16-33)54-43-24-12-10-21-39(43)49-37(22-13-25-44(49)54)34-26-28-40-46(30-34)53(35-17-5-2-6-18-35)45-29-27-32-14-7-8-19-36(32)48(40)45/h1-30H. The second kappa shape index (κ2) is 11.8. The minimum atomic E-state index is 0.621. The van der Waals surface area contributed by atoms with Crippen molar-refractivity contribution in [3.8, 4) is 39.8 Å². The van der Waals surface area contributed by atoms with Gasteiger partial charge in [0, 0.05) is 38.2 Å². The van der Waals surface area contributed by atoms with E-state index >= 15 is 0 Å². The maximum atomic E-state index is 10.7. The van der Waals surface area contributed by atoms with E-state index in [0.29, 0.717) is 5.56 Å². The Hall–Kier alpha value is -7.48. The first kappa shape index (κ1) is 30.2. The molecule has 11 aromatic rings. The van der Waals surface area contributed by atoms with Crippen LogP contribution in [-0.4, -0.2) is 14.1 Å². The zero-order chi connectivity index (χ0) is 35.8. The van der Waals surface area contributed by atoms with Crippen molar-refractivity contribution >= 4 is 65.3 Å². The molecule has 0 bridgehead atoms. The highest BCUT2D eigenvalue weighted by Crippen LogP contribution is 2.44. The number of hydrogen-bond acceptors (Lipinski definition) is 2. The highest BCUT2D eigenvalue weighted by atomic mass is 15.1. The molecular weight excluding hydrogens is 657 g/mol. The molecule has 0 radical (unpaired) electrons. The Balaban J connectivity index is 1.24. The molecule has 4 nitrogen and oxygen atoms in total. The Morgan fingerprint density at radius 3 is 1.94 bits per heavy atom. The monoisotopic (exact) mass is 686 g/mol. The molecule has 3 aromatic heterocycles. The first-order chi connectivity index (χ1) is 26.8. The van der Waals surface area contributed by atoms with E-state index in [-0.39, 0.29) is 0 Å². The molecule has 0 spiro atoms. The molecule has 11 rings (SSSR count). The fourth-order valence-electron chi connectivity index (χ4n) is 8.65. The molecular formula is C50H30N4. The summed E-state index contributed by atoms with van der Waals surface area (Å²) in [5.41, 5.74) is 11.0. The minimum Gasteiger partial charge on any atom is -0.309 e. The quantitative estimate of drug-likeness (QED) is 0.185. The van der Waals surface area contributed by atoms with Gasteiger partial charge in [-0.2, -0.15) is 5.26 Å². The lowest BCUT2D eigenvalue weighted by Gasteiger charge is -2.16. The number of nitriles is 1. The molecule has 8 aromatic carbocycles. The van der Waals surface area contributed by atoms with Crippen LogP contribution in [0.15, 0.2) is 182 Å². The zero-order valence-corrected chi connectivity index (χ0v) is 29.1. The summed E-state index contributed by atoms with van der Waals surface area (Å²) in [4.78, 5) is 5.35. The van der Waals surface area contributed by atoms with Gasteiger partial charge in [-0.1, -0.05) is 140 Å². The maximum absolute atomic E-state index is 10.7. The predicted molar refractivity (Wildman–Crippen MR) is 224 cm³/mol. The summed E-state index contributed by atoms with van der Waals surface area (Å²) in [5.74, 6) is 0.742. The van der Waals surface area contributed by atoms with Gasteiger partial charge in [0.1, 0.15) is 11.9 Å². The summed E-state index contributed by atoms with van der Waals surface area (Å²) in [5, 5.41) is 18.8. The number of fused-ring (bicyclic) bond motifs is 9. The maximum Gasteiger partial charge on any atom is 0.147 e. The molecule has 54 heavy (non-hydrogen) atoms. The van der Waals surface area contributed by atoms with Crippen LogP contribution in [0.5, 0.6) is 0 Å². The molecule has 0 aliphatic heterocycles. The van der Waals surface area contributed by atoms with Gasteiger partial charge in [-0.15, -0.1) is 0 Å². The van der Waals surface area contributed by atoms with Gasteiger partial charge in [-0.25, -0.2) is 4.98 Å². The Morgan fingerprint density at radius 1 is 0.444 bits per heavy atom. The first-order valence-electron chi connectivity index (χ1n) is 18.2. The molecule has 4 heteroatoms. The lowest BCUT2D eigenvalue weighted by molar-refractivity contribution is 1.10. The minimum absolute atomic E-state index is 0.621. The third-order valence-corrected chi connectivity index (χ3v) is 10.9. The highest BCUT2D eigenvalue weighted by molar-refractivity contribution is 6.22. The number of para-hydroxylation sites is 3. The SMILES string of the molecule is N#Cc1c(-c2ccccc2)c(-n2c3ccccc3c3c(-c4ccc5c6c7ccccc7ccc6n(-c6ccccc6)c5c4)cccc32)nc2ccccc12. The molecule has 0 saturated carbocycles. The second-order valence-electron chi connectivity index (χ2n) is 13.8. The van der Waals surface area contributed by atoms with Gasteiger partial charge in [0.15, 0.2) is 0 Å². The molecule has 0 N–H and O–H groups in total. The molecule has 0 unspecified atom stereocenters. The van der Waals surface area contributed by atoms with Crippen molar-refractivity contribution in [1.29, 1.82) is 5.26 Å². The van der Waals surface area contributed by atoms with Crippen molar-refractivity contribution in [3.05, 3.63) is 188 Å². The van der Waals surface area contributed by atoms with Crippen molar-refractivity contribution in [2.45, 2.75) is 0 Å². The van der Waals surface area contributed by atoms with Crippen LogP contribution < -0.4 is 0 Å². The summed E-state index contributed by atoms with van der Waals surface area (Å²) in [6.07, 6.45) is 0. The Bertz CT molecular complexity index is 3330. The Labute approximate surface area is 311 Å². The average molecular weight is 687 g/mol. The van der Waals surface area contributed by atoms with E-state index in [0.717, 1.165) is 72.0 Å². The first-order valence-corrected chi connectivity index (χ1v) is 18.2. The van der Waals surface area contributed by atoms with Crippen molar-refractivity contribution < 1.29 is 0 Å². The predicted octanol–water partition coefficient (Wildman–Crippen LogP) is 12.8. The molecule has 0 aliphatic rings. The zero-order valence-electron chi connectivity index (χ0n) is 29.1. The van der Waals surface area contributed by atoms with Crippen LogP contribution in [0.3, 0.4) is 0 Å².